The number of benzene rings is 1. The maximum absolute atomic E-state index is 11.5. The molecule has 2 rings (SSSR count). The number of hydrogen-bond acceptors (Lipinski definition) is 4. The molecule has 0 aliphatic carbocycles. The van der Waals surface area contributed by atoms with Gasteiger partial charge in [-0.25, -0.2) is 0 Å². The Kier molecular flexibility index (Phi) is 3.13. The maximum Gasteiger partial charge on any atom is 0.226 e. The van der Waals surface area contributed by atoms with Crippen LogP contribution >= 0.6 is 0 Å². The van der Waals surface area contributed by atoms with Crippen molar-refractivity contribution >= 4 is 11.6 Å². The molecule has 0 fully saturated rings. The van der Waals surface area contributed by atoms with Gasteiger partial charge in [0.05, 0.1) is 0 Å². The lowest BCUT2D eigenvalue weighted by molar-refractivity contribution is -0.118. The SMILES string of the molecule is CC(C)C(=O)Nc1cccc(-c2nn[nH]n2)c1. The van der Waals surface area contributed by atoms with Crippen molar-refractivity contribution in [2.24, 2.45) is 5.92 Å². The number of rotatable bonds is 3. The molecule has 0 atom stereocenters. The number of H-pyrrole nitrogens is 1. The highest BCUT2D eigenvalue weighted by atomic mass is 16.1. The molecule has 6 heteroatoms. The van der Waals surface area contributed by atoms with Crippen LogP contribution in [0.4, 0.5) is 5.69 Å². The summed E-state index contributed by atoms with van der Waals surface area (Å²) in [6, 6.07) is 7.33. The van der Waals surface area contributed by atoms with Crippen LogP contribution in [0.25, 0.3) is 11.4 Å². The summed E-state index contributed by atoms with van der Waals surface area (Å²) in [5.41, 5.74) is 1.53. The highest BCUT2D eigenvalue weighted by molar-refractivity contribution is 5.92. The lowest BCUT2D eigenvalue weighted by atomic mass is 10.1. The van der Waals surface area contributed by atoms with Crippen molar-refractivity contribution < 1.29 is 4.79 Å². The number of anilines is 1. The molecular formula is C11H13N5O. The van der Waals surface area contributed by atoms with E-state index >= 15 is 0 Å². The zero-order valence-electron chi connectivity index (χ0n) is 9.64. The molecule has 2 aromatic rings. The van der Waals surface area contributed by atoms with E-state index in [-0.39, 0.29) is 11.8 Å². The number of nitrogens with one attached hydrogen (secondary N) is 2. The fraction of sp³-hybridized carbons (Fsp3) is 0.273. The summed E-state index contributed by atoms with van der Waals surface area (Å²) in [7, 11) is 0. The Morgan fingerprint density at radius 1 is 1.41 bits per heavy atom. The minimum Gasteiger partial charge on any atom is -0.326 e. The van der Waals surface area contributed by atoms with Crippen LogP contribution < -0.4 is 5.32 Å². The summed E-state index contributed by atoms with van der Waals surface area (Å²) in [6.45, 7) is 3.69. The van der Waals surface area contributed by atoms with Crippen LogP contribution in [0.3, 0.4) is 0 Å². The molecule has 1 aromatic carbocycles. The monoisotopic (exact) mass is 231 g/mol. The van der Waals surface area contributed by atoms with E-state index in [4.69, 9.17) is 0 Å². The quantitative estimate of drug-likeness (QED) is 0.837. The van der Waals surface area contributed by atoms with Crippen LogP contribution in [0.1, 0.15) is 13.8 Å². The molecule has 2 N–H and O–H groups in total. The second kappa shape index (κ2) is 4.73. The van der Waals surface area contributed by atoms with E-state index in [9.17, 15) is 4.79 Å². The summed E-state index contributed by atoms with van der Waals surface area (Å²) in [5, 5.41) is 16.5. The average Bonchev–Trinajstić information content (AvgIpc) is 2.82. The summed E-state index contributed by atoms with van der Waals surface area (Å²) in [6.07, 6.45) is 0. The highest BCUT2D eigenvalue weighted by Gasteiger charge is 2.08. The molecule has 0 radical (unpaired) electrons. The van der Waals surface area contributed by atoms with E-state index in [1.54, 1.807) is 0 Å². The topological polar surface area (TPSA) is 83.6 Å². The Hall–Kier alpha value is -2.24. The number of amides is 1. The van der Waals surface area contributed by atoms with Crippen molar-refractivity contribution in [3.8, 4) is 11.4 Å². The number of aromatic nitrogens is 4. The maximum atomic E-state index is 11.5. The summed E-state index contributed by atoms with van der Waals surface area (Å²) >= 11 is 0. The van der Waals surface area contributed by atoms with Gasteiger partial charge in [0.2, 0.25) is 11.7 Å². The van der Waals surface area contributed by atoms with Crippen LogP contribution in [0.2, 0.25) is 0 Å². The second-order valence-corrected chi connectivity index (χ2v) is 3.96. The normalized spacial score (nSPS) is 10.5. The van der Waals surface area contributed by atoms with Gasteiger partial charge < -0.3 is 5.32 Å². The Labute approximate surface area is 98.4 Å². The molecule has 0 spiro atoms. The van der Waals surface area contributed by atoms with Crippen LogP contribution in [-0.2, 0) is 4.79 Å². The second-order valence-electron chi connectivity index (χ2n) is 3.96. The van der Waals surface area contributed by atoms with Crippen molar-refractivity contribution in [1.82, 2.24) is 20.6 Å². The van der Waals surface area contributed by atoms with Gasteiger partial charge in [-0.3, -0.25) is 4.79 Å². The summed E-state index contributed by atoms with van der Waals surface area (Å²) < 4.78 is 0. The van der Waals surface area contributed by atoms with Gasteiger partial charge in [0.15, 0.2) is 0 Å². The minimum absolute atomic E-state index is 0.0183. The first-order valence-electron chi connectivity index (χ1n) is 5.31. The first kappa shape index (κ1) is 11.3. The molecule has 0 aliphatic rings. The lowest BCUT2D eigenvalue weighted by Crippen LogP contribution is -2.17. The third kappa shape index (κ3) is 2.66. The molecule has 0 bridgehead atoms. The molecule has 0 saturated heterocycles. The lowest BCUT2D eigenvalue weighted by Gasteiger charge is -2.08. The van der Waals surface area contributed by atoms with Crippen LogP contribution in [0.15, 0.2) is 24.3 Å². The van der Waals surface area contributed by atoms with Gasteiger partial charge in [-0.15, -0.1) is 10.2 Å². The van der Waals surface area contributed by atoms with Crippen molar-refractivity contribution in [1.29, 1.82) is 0 Å². The molecule has 1 amide bonds. The van der Waals surface area contributed by atoms with E-state index in [0.717, 1.165) is 11.3 Å². The Balaban J connectivity index is 2.20. The van der Waals surface area contributed by atoms with Gasteiger partial charge in [0, 0.05) is 17.2 Å². The van der Waals surface area contributed by atoms with Gasteiger partial charge in [0.1, 0.15) is 0 Å². The fourth-order valence-electron chi connectivity index (χ4n) is 1.31. The molecule has 1 heterocycles. The first-order chi connectivity index (χ1) is 8.16. The number of hydrogen-bond donors (Lipinski definition) is 2. The molecule has 0 aliphatic heterocycles. The third-order valence-corrected chi connectivity index (χ3v) is 2.26. The number of carbonyl (C=O) groups is 1. The largest absolute Gasteiger partial charge is 0.326 e. The van der Waals surface area contributed by atoms with Crippen LogP contribution in [0, 0.1) is 5.92 Å². The van der Waals surface area contributed by atoms with Crippen LogP contribution in [0.5, 0.6) is 0 Å². The van der Waals surface area contributed by atoms with E-state index < -0.39 is 0 Å². The standard InChI is InChI=1S/C11H13N5O/c1-7(2)11(17)12-9-5-3-4-8(6-9)10-13-15-16-14-10/h3-7H,1-2H3,(H,12,17)(H,13,14,15,16). The predicted molar refractivity (Wildman–Crippen MR) is 63.1 cm³/mol. The zero-order valence-corrected chi connectivity index (χ0v) is 9.64. The van der Waals surface area contributed by atoms with Gasteiger partial charge in [0.25, 0.3) is 0 Å². The molecule has 1 aromatic heterocycles. The van der Waals surface area contributed by atoms with Crippen molar-refractivity contribution in [2.45, 2.75) is 13.8 Å². The Morgan fingerprint density at radius 2 is 2.24 bits per heavy atom. The number of aromatic amines is 1. The molecule has 0 unspecified atom stereocenters. The number of tetrazole rings is 1. The van der Waals surface area contributed by atoms with Gasteiger partial charge in [-0.05, 0) is 17.3 Å². The van der Waals surface area contributed by atoms with Crippen molar-refractivity contribution in [3.63, 3.8) is 0 Å². The van der Waals surface area contributed by atoms with Crippen LogP contribution in [-0.4, -0.2) is 26.5 Å². The van der Waals surface area contributed by atoms with Gasteiger partial charge in [-0.2, -0.15) is 5.21 Å². The molecule has 88 valence electrons. The molecule has 17 heavy (non-hydrogen) atoms. The average molecular weight is 231 g/mol. The number of carbonyl (C=O) groups excluding carboxylic acids is 1. The molecule has 0 saturated carbocycles. The molecule has 6 nitrogen and oxygen atoms in total. The van der Waals surface area contributed by atoms with E-state index in [0.29, 0.717) is 5.82 Å². The molecular weight excluding hydrogens is 218 g/mol. The van der Waals surface area contributed by atoms with Gasteiger partial charge in [-0.1, -0.05) is 26.0 Å². The highest BCUT2D eigenvalue weighted by Crippen LogP contribution is 2.18. The third-order valence-electron chi connectivity index (χ3n) is 2.26. The predicted octanol–water partition coefficient (Wildman–Crippen LogP) is 1.46. The van der Waals surface area contributed by atoms with E-state index in [1.165, 1.54) is 0 Å². The van der Waals surface area contributed by atoms with Crippen molar-refractivity contribution in [2.75, 3.05) is 5.32 Å². The first-order valence-corrected chi connectivity index (χ1v) is 5.31. The van der Waals surface area contributed by atoms with E-state index in [1.807, 2.05) is 38.1 Å². The smallest absolute Gasteiger partial charge is 0.226 e. The number of nitrogens with zero attached hydrogens (tertiary/aromatic N) is 3. The van der Waals surface area contributed by atoms with E-state index in [2.05, 4.69) is 25.9 Å². The fourth-order valence-corrected chi connectivity index (χ4v) is 1.31. The van der Waals surface area contributed by atoms with Crippen molar-refractivity contribution in [3.05, 3.63) is 24.3 Å². The Bertz CT molecular complexity index is 506. The summed E-state index contributed by atoms with van der Waals surface area (Å²) in [5.74, 6) is 0.435. The zero-order chi connectivity index (χ0) is 12.3. The Morgan fingerprint density at radius 3 is 2.88 bits per heavy atom. The summed E-state index contributed by atoms with van der Waals surface area (Å²) in [4.78, 5) is 11.5. The van der Waals surface area contributed by atoms with Gasteiger partial charge >= 0.3 is 0 Å². The minimum atomic E-state index is -0.0520.